The number of carbonyl (C=O) groups is 1. The molecule has 2 heterocycles. The molecule has 0 aromatic heterocycles. The van der Waals surface area contributed by atoms with E-state index < -0.39 is 0 Å². The van der Waals surface area contributed by atoms with Crippen LogP contribution in [0.3, 0.4) is 0 Å². The summed E-state index contributed by atoms with van der Waals surface area (Å²) in [6.07, 6.45) is 2.91. The zero-order valence-electron chi connectivity index (χ0n) is 11.9. The van der Waals surface area contributed by atoms with Gasteiger partial charge in [-0.05, 0) is 30.5 Å². The average molecular weight is 277 g/mol. The number of benzene rings is 1. The molecule has 2 aliphatic rings. The highest BCUT2D eigenvalue weighted by atomic mass is 19.1. The molecule has 0 radical (unpaired) electrons. The molecule has 0 spiro atoms. The molecule has 2 aliphatic heterocycles. The maximum absolute atomic E-state index is 14.1. The van der Waals surface area contributed by atoms with Gasteiger partial charge in [-0.3, -0.25) is 9.69 Å². The number of hydrogen-bond acceptors (Lipinski definition) is 3. The smallest absolute Gasteiger partial charge is 0.238 e. The number of nitrogens with zero attached hydrogens (tertiary/aromatic N) is 2. The van der Waals surface area contributed by atoms with Gasteiger partial charge in [-0.1, -0.05) is 12.5 Å². The number of anilines is 1. The van der Waals surface area contributed by atoms with E-state index in [9.17, 15) is 9.18 Å². The zero-order valence-corrected chi connectivity index (χ0v) is 11.9. The predicted molar refractivity (Wildman–Crippen MR) is 76.0 cm³/mol. The first-order valence-corrected chi connectivity index (χ1v) is 7.11. The largest absolute Gasteiger partial charge is 0.375 e. The quantitative estimate of drug-likeness (QED) is 0.896. The van der Waals surface area contributed by atoms with Crippen molar-refractivity contribution >= 4 is 11.6 Å². The Labute approximate surface area is 118 Å². The molecule has 1 N–H and O–H groups in total. The molecule has 4 nitrogen and oxygen atoms in total. The predicted octanol–water partition coefficient (Wildman–Crippen LogP) is 1.87. The van der Waals surface area contributed by atoms with Gasteiger partial charge in [0.1, 0.15) is 12.0 Å². The first-order chi connectivity index (χ1) is 9.58. The van der Waals surface area contributed by atoms with E-state index in [4.69, 9.17) is 0 Å². The van der Waals surface area contributed by atoms with Crippen LogP contribution in [0.1, 0.15) is 31.0 Å². The molecule has 20 heavy (non-hydrogen) atoms. The van der Waals surface area contributed by atoms with E-state index in [-0.39, 0.29) is 23.9 Å². The van der Waals surface area contributed by atoms with Crippen molar-refractivity contribution in [3.8, 4) is 0 Å². The number of carbonyl (C=O) groups excluding carboxylic acids is 1. The van der Waals surface area contributed by atoms with Crippen molar-refractivity contribution < 1.29 is 9.18 Å². The van der Waals surface area contributed by atoms with Crippen molar-refractivity contribution in [2.45, 2.75) is 31.5 Å². The molecule has 0 saturated carbocycles. The Morgan fingerprint density at radius 1 is 1.35 bits per heavy atom. The first-order valence-electron chi connectivity index (χ1n) is 7.11. The summed E-state index contributed by atoms with van der Waals surface area (Å²) in [4.78, 5) is 15.9. The van der Waals surface area contributed by atoms with Gasteiger partial charge in [0.05, 0.1) is 11.7 Å². The summed E-state index contributed by atoms with van der Waals surface area (Å²) in [7, 11) is 3.63. The molecule has 1 aromatic carbocycles. The number of hydrogen-bond donors (Lipinski definition) is 1. The molecule has 1 amide bonds. The van der Waals surface area contributed by atoms with E-state index in [2.05, 4.69) is 10.2 Å². The van der Waals surface area contributed by atoms with E-state index >= 15 is 0 Å². The fraction of sp³-hybridized carbons (Fsp3) is 0.533. The molecular weight excluding hydrogens is 257 g/mol. The normalized spacial score (nSPS) is 26.2. The molecule has 108 valence electrons. The monoisotopic (exact) mass is 277 g/mol. The van der Waals surface area contributed by atoms with Gasteiger partial charge >= 0.3 is 0 Å². The molecule has 2 saturated heterocycles. The van der Waals surface area contributed by atoms with Gasteiger partial charge < -0.3 is 10.2 Å². The molecule has 3 rings (SSSR count). The second kappa shape index (κ2) is 5.05. The summed E-state index contributed by atoms with van der Waals surface area (Å²) in [6.45, 7) is 0.894. The maximum Gasteiger partial charge on any atom is 0.238 e. The molecule has 5 heteroatoms. The summed E-state index contributed by atoms with van der Waals surface area (Å²) < 4.78 is 14.1. The van der Waals surface area contributed by atoms with E-state index in [1.165, 1.54) is 6.07 Å². The molecule has 0 unspecified atom stereocenters. The minimum absolute atomic E-state index is 0.0367. The Kier molecular flexibility index (Phi) is 3.38. The van der Waals surface area contributed by atoms with Gasteiger partial charge in [0.15, 0.2) is 0 Å². The molecular formula is C15H20FN3O. The van der Waals surface area contributed by atoms with E-state index in [0.717, 1.165) is 31.4 Å². The molecule has 2 atom stereocenters. The van der Waals surface area contributed by atoms with Crippen molar-refractivity contribution in [1.82, 2.24) is 10.2 Å². The van der Waals surface area contributed by atoms with Crippen LogP contribution in [0.25, 0.3) is 0 Å². The Balaban J connectivity index is 1.89. The second-order valence-electron chi connectivity index (χ2n) is 5.77. The van der Waals surface area contributed by atoms with Crippen LogP contribution in [-0.2, 0) is 4.79 Å². The van der Waals surface area contributed by atoms with Crippen molar-refractivity contribution in [2.75, 3.05) is 25.5 Å². The highest BCUT2D eigenvalue weighted by Crippen LogP contribution is 2.33. The third kappa shape index (κ3) is 2.16. The van der Waals surface area contributed by atoms with Crippen LogP contribution in [0.2, 0.25) is 0 Å². The highest BCUT2D eigenvalue weighted by Gasteiger charge is 2.41. The third-order valence-corrected chi connectivity index (χ3v) is 4.23. The van der Waals surface area contributed by atoms with Gasteiger partial charge in [-0.2, -0.15) is 0 Å². The second-order valence-corrected chi connectivity index (χ2v) is 5.77. The van der Waals surface area contributed by atoms with Gasteiger partial charge in [0.25, 0.3) is 0 Å². The fourth-order valence-electron chi connectivity index (χ4n) is 3.19. The molecule has 0 aliphatic carbocycles. The van der Waals surface area contributed by atoms with E-state index in [1.807, 2.05) is 20.2 Å². The van der Waals surface area contributed by atoms with Crippen LogP contribution in [0.4, 0.5) is 10.1 Å². The molecule has 0 bridgehead atoms. The number of amides is 1. The minimum atomic E-state index is -0.248. The molecule has 2 fully saturated rings. The SMILES string of the molecule is CN(C)c1ccc([C@H]2NC(=O)[C@@H]3CCCCN23)cc1F. The van der Waals surface area contributed by atoms with Crippen molar-refractivity contribution in [3.05, 3.63) is 29.6 Å². The number of rotatable bonds is 2. The van der Waals surface area contributed by atoms with E-state index in [0.29, 0.717) is 5.69 Å². The van der Waals surface area contributed by atoms with Crippen molar-refractivity contribution in [2.24, 2.45) is 0 Å². The van der Waals surface area contributed by atoms with Gasteiger partial charge in [0, 0.05) is 20.6 Å². The van der Waals surface area contributed by atoms with E-state index in [1.54, 1.807) is 11.0 Å². The topological polar surface area (TPSA) is 35.6 Å². The standard InChI is InChI=1S/C15H20FN3O/c1-18(2)12-7-6-10(9-11(12)16)14-17-15(20)13-5-3-4-8-19(13)14/h6-7,9,13-14H,3-5,8H2,1-2H3,(H,17,20)/t13-,14-/m0/s1. The van der Waals surface area contributed by atoms with Crippen LogP contribution in [-0.4, -0.2) is 37.5 Å². The van der Waals surface area contributed by atoms with Crippen LogP contribution < -0.4 is 10.2 Å². The van der Waals surface area contributed by atoms with Crippen LogP contribution in [0.5, 0.6) is 0 Å². The summed E-state index contributed by atoms with van der Waals surface area (Å²) in [5.41, 5.74) is 1.39. The lowest BCUT2D eigenvalue weighted by molar-refractivity contribution is -0.122. The van der Waals surface area contributed by atoms with Crippen LogP contribution >= 0.6 is 0 Å². The number of halogens is 1. The van der Waals surface area contributed by atoms with Crippen molar-refractivity contribution in [1.29, 1.82) is 0 Å². The first kappa shape index (κ1) is 13.4. The zero-order chi connectivity index (χ0) is 14.3. The lowest BCUT2D eigenvalue weighted by Crippen LogP contribution is -2.38. The minimum Gasteiger partial charge on any atom is -0.375 e. The summed E-state index contributed by atoms with van der Waals surface area (Å²) in [6, 6.07) is 5.18. The number of nitrogens with one attached hydrogen (secondary N) is 1. The fourth-order valence-corrected chi connectivity index (χ4v) is 3.19. The average Bonchev–Trinajstić information content (AvgIpc) is 2.76. The summed E-state index contributed by atoms with van der Waals surface area (Å²) >= 11 is 0. The lowest BCUT2D eigenvalue weighted by Gasteiger charge is -2.31. The highest BCUT2D eigenvalue weighted by molar-refractivity contribution is 5.84. The Morgan fingerprint density at radius 3 is 2.85 bits per heavy atom. The summed E-state index contributed by atoms with van der Waals surface area (Å²) in [5.74, 6) is -0.172. The Morgan fingerprint density at radius 2 is 2.15 bits per heavy atom. The third-order valence-electron chi connectivity index (χ3n) is 4.23. The number of fused-ring (bicyclic) bond motifs is 1. The summed E-state index contributed by atoms with van der Waals surface area (Å²) in [5, 5.41) is 2.99. The van der Waals surface area contributed by atoms with Crippen LogP contribution in [0, 0.1) is 5.82 Å². The van der Waals surface area contributed by atoms with Gasteiger partial charge in [-0.25, -0.2) is 4.39 Å². The van der Waals surface area contributed by atoms with Gasteiger partial charge in [-0.15, -0.1) is 0 Å². The van der Waals surface area contributed by atoms with Gasteiger partial charge in [0.2, 0.25) is 5.91 Å². The van der Waals surface area contributed by atoms with Crippen molar-refractivity contribution in [3.63, 3.8) is 0 Å². The lowest BCUT2D eigenvalue weighted by atomic mass is 10.0. The maximum atomic E-state index is 14.1. The Bertz CT molecular complexity index is 532. The van der Waals surface area contributed by atoms with Crippen LogP contribution in [0.15, 0.2) is 18.2 Å². The number of piperidine rings is 1. The molecule has 1 aromatic rings. The Hall–Kier alpha value is -1.62.